The maximum atomic E-state index is 9.04. The molecular weight excluding hydrogens is 508 g/mol. The van der Waals surface area contributed by atoms with E-state index in [0.29, 0.717) is 5.56 Å². The van der Waals surface area contributed by atoms with Gasteiger partial charge in [-0.2, -0.15) is 5.26 Å². The van der Waals surface area contributed by atoms with Crippen LogP contribution < -0.4 is 0 Å². The second-order valence-electron chi connectivity index (χ2n) is 10.4. The van der Waals surface area contributed by atoms with E-state index in [2.05, 4.69) is 127 Å². The number of rotatable bonds is 5. The number of hydrogen-bond donors (Lipinski definition) is 0. The van der Waals surface area contributed by atoms with Crippen LogP contribution in [-0.4, -0.2) is 4.98 Å². The first-order chi connectivity index (χ1) is 20.7. The number of para-hydroxylation sites is 1. The minimum atomic E-state index is 0.674. The lowest BCUT2D eigenvalue weighted by atomic mass is 9.95. The van der Waals surface area contributed by atoms with Crippen LogP contribution in [0.4, 0.5) is 0 Å². The molecule has 1 heterocycles. The summed E-state index contributed by atoms with van der Waals surface area (Å²) in [5.41, 5.74) is 13.1. The van der Waals surface area contributed by atoms with E-state index in [1.54, 1.807) is 0 Å². The number of hydrogen-bond acceptors (Lipinski definition) is 2. The maximum absolute atomic E-state index is 9.04. The molecule has 0 aliphatic rings. The minimum absolute atomic E-state index is 0.674. The largest absolute Gasteiger partial charge is 0.248 e. The summed E-state index contributed by atoms with van der Waals surface area (Å²) in [4.78, 5) is 4.95. The van der Waals surface area contributed by atoms with Gasteiger partial charge >= 0.3 is 0 Å². The van der Waals surface area contributed by atoms with Crippen LogP contribution in [0.3, 0.4) is 0 Å². The van der Waals surface area contributed by atoms with E-state index in [9.17, 15) is 0 Å². The molecule has 2 nitrogen and oxygen atoms in total. The van der Waals surface area contributed by atoms with E-state index in [4.69, 9.17) is 10.2 Å². The van der Waals surface area contributed by atoms with Crippen LogP contribution in [0.15, 0.2) is 158 Å². The maximum Gasteiger partial charge on any atom is 0.0991 e. The first kappa shape index (κ1) is 25.2. The summed E-state index contributed by atoms with van der Waals surface area (Å²) >= 11 is 0. The Kier molecular flexibility index (Phi) is 6.60. The quantitative estimate of drug-likeness (QED) is 0.220. The van der Waals surface area contributed by atoms with Gasteiger partial charge in [0.1, 0.15) is 0 Å². The van der Waals surface area contributed by atoms with Crippen LogP contribution in [0.2, 0.25) is 0 Å². The molecule has 196 valence electrons. The molecule has 0 aliphatic heterocycles. The van der Waals surface area contributed by atoms with Gasteiger partial charge in [0.2, 0.25) is 0 Å². The summed E-state index contributed by atoms with van der Waals surface area (Å²) in [6, 6.07) is 56.9. The molecule has 0 saturated carbocycles. The standard InChI is InChI=1S/C40H26N2/c41-27-28-10-12-29(13-11-28)30-14-16-31(17-15-30)32-18-20-33(21-19-32)34-22-24-35(25-23-34)38-26-40(36-6-2-1-3-7-36)42-39-9-5-4-8-37(38)39/h1-26H. The molecule has 0 fully saturated rings. The van der Waals surface area contributed by atoms with Crippen molar-refractivity contribution >= 4 is 10.9 Å². The van der Waals surface area contributed by atoms with Crippen LogP contribution in [0.1, 0.15) is 5.56 Å². The molecule has 0 radical (unpaired) electrons. The Morgan fingerprint density at radius 3 is 1.33 bits per heavy atom. The van der Waals surface area contributed by atoms with Crippen LogP contribution >= 0.6 is 0 Å². The summed E-state index contributed by atoms with van der Waals surface area (Å²) in [5, 5.41) is 10.2. The number of pyridine rings is 1. The van der Waals surface area contributed by atoms with E-state index in [1.165, 1.54) is 33.4 Å². The molecule has 0 saturated heterocycles. The van der Waals surface area contributed by atoms with Crippen molar-refractivity contribution in [2.45, 2.75) is 0 Å². The zero-order valence-electron chi connectivity index (χ0n) is 22.9. The van der Waals surface area contributed by atoms with Gasteiger partial charge in [-0.15, -0.1) is 0 Å². The predicted octanol–water partition coefficient (Wildman–Crippen LogP) is 10.4. The monoisotopic (exact) mass is 534 g/mol. The second kappa shape index (κ2) is 11.0. The van der Waals surface area contributed by atoms with E-state index >= 15 is 0 Å². The Balaban J connectivity index is 1.14. The highest BCUT2D eigenvalue weighted by Crippen LogP contribution is 2.34. The number of nitrogens with zero attached hydrogens (tertiary/aromatic N) is 2. The lowest BCUT2D eigenvalue weighted by Crippen LogP contribution is -1.90. The molecule has 7 rings (SSSR count). The highest BCUT2D eigenvalue weighted by Gasteiger charge is 2.10. The van der Waals surface area contributed by atoms with Crippen molar-refractivity contribution in [3.05, 3.63) is 163 Å². The average molecular weight is 535 g/mol. The van der Waals surface area contributed by atoms with E-state index < -0.39 is 0 Å². The summed E-state index contributed by atoms with van der Waals surface area (Å²) in [6.07, 6.45) is 0. The van der Waals surface area contributed by atoms with Gasteiger partial charge in [0.25, 0.3) is 0 Å². The number of aromatic nitrogens is 1. The summed E-state index contributed by atoms with van der Waals surface area (Å²) in [5.74, 6) is 0. The number of nitriles is 1. The van der Waals surface area contributed by atoms with Gasteiger partial charge in [-0.05, 0) is 68.8 Å². The molecule has 7 aromatic rings. The Bertz CT molecular complexity index is 2030. The third-order valence-electron chi connectivity index (χ3n) is 7.77. The van der Waals surface area contributed by atoms with E-state index in [-0.39, 0.29) is 0 Å². The van der Waals surface area contributed by atoms with Gasteiger partial charge in [0.15, 0.2) is 0 Å². The summed E-state index contributed by atoms with van der Waals surface area (Å²) in [6.45, 7) is 0. The highest BCUT2D eigenvalue weighted by atomic mass is 14.7. The zero-order chi connectivity index (χ0) is 28.3. The minimum Gasteiger partial charge on any atom is -0.248 e. The van der Waals surface area contributed by atoms with Gasteiger partial charge < -0.3 is 0 Å². The van der Waals surface area contributed by atoms with Crippen molar-refractivity contribution in [2.24, 2.45) is 0 Å². The fourth-order valence-corrected chi connectivity index (χ4v) is 5.46. The Labute approximate surface area is 245 Å². The van der Waals surface area contributed by atoms with Crippen LogP contribution in [0.5, 0.6) is 0 Å². The fraction of sp³-hybridized carbons (Fsp3) is 0. The lowest BCUT2D eigenvalue weighted by Gasteiger charge is -2.11. The normalized spacial score (nSPS) is 10.8. The zero-order valence-corrected chi connectivity index (χ0v) is 22.9. The first-order valence-corrected chi connectivity index (χ1v) is 14.0. The topological polar surface area (TPSA) is 36.7 Å². The fourth-order valence-electron chi connectivity index (χ4n) is 5.46. The number of benzene rings is 6. The second-order valence-corrected chi connectivity index (χ2v) is 10.4. The van der Waals surface area contributed by atoms with Crippen LogP contribution in [0, 0.1) is 11.3 Å². The summed E-state index contributed by atoms with van der Waals surface area (Å²) in [7, 11) is 0. The lowest BCUT2D eigenvalue weighted by molar-refractivity contribution is 1.40. The van der Waals surface area contributed by atoms with Crippen molar-refractivity contribution in [1.29, 1.82) is 5.26 Å². The molecule has 2 heteroatoms. The summed E-state index contributed by atoms with van der Waals surface area (Å²) < 4.78 is 0. The van der Waals surface area contributed by atoms with Gasteiger partial charge in [-0.1, -0.05) is 133 Å². The smallest absolute Gasteiger partial charge is 0.0991 e. The highest BCUT2D eigenvalue weighted by molar-refractivity contribution is 5.97. The molecule has 0 bridgehead atoms. The first-order valence-electron chi connectivity index (χ1n) is 14.0. The predicted molar refractivity (Wildman–Crippen MR) is 174 cm³/mol. The molecule has 0 spiro atoms. The molecule has 42 heavy (non-hydrogen) atoms. The SMILES string of the molecule is N#Cc1ccc(-c2ccc(-c3ccc(-c4ccc(-c5cc(-c6ccccc6)nc6ccccc56)cc4)cc3)cc2)cc1. The molecule has 6 aromatic carbocycles. The van der Waals surface area contributed by atoms with E-state index in [1.807, 2.05) is 36.4 Å². The van der Waals surface area contributed by atoms with Crippen molar-refractivity contribution in [3.63, 3.8) is 0 Å². The Hall–Kier alpha value is -5.78. The molecule has 0 N–H and O–H groups in total. The molecule has 0 unspecified atom stereocenters. The van der Waals surface area contributed by atoms with Crippen molar-refractivity contribution < 1.29 is 0 Å². The third kappa shape index (κ3) is 4.96. The van der Waals surface area contributed by atoms with Crippen molar-refractivity contribution in [2.75, 3.05) is 0 Å². The Morgan fingerprint density at radius 2 is 0.833 bits per heavy atom. The van der Waals surface area contributed by atoms with E-state index in [0.717, 1.165) is 33.3 Å². The van der Waals surface area contributed by atoms with Crippen molar-refractivity contribution in [1.82, 2.24) is 4.98 Å². The van der Waals surface area contributed by atoms with Crippen molar-refractivity contribution in [3.8, 4) is 61.8 Å². The van der Waals surface area contributed by atoms with Gasteiger partial charge in [-0.25, -0.2) is 4.98 Å². The van der Waals surface area contributed by atoms with Crippen LogP contribution in [0.25, 0.3) is 66.7 Å². The molecule has 0 aliphatic carbocycles. The van der Waals surface area contributed by atoms with Crippen LogP contribution in [-0.2, 0) is 0 Å². The average Bonchev–Trinajstić information content (AvgIpc) is 3.08. The van der Waals surface area contributed by atoms with Gasteiger partial charge in [0, 0.05) is 10.9 Å². The molecular formula is C40H26N2. The van der Waals surface area contributed by atoms with Gasteiger partial charge in [0.05, 0.1) is 22.8 Å². The van der Waals surface area contributed by atoms with Gasteiger partial charge in [-0.3, -0.25) is 0 Å². The Morgan fingerprint density at radius 1 is 0.405 bits per heavy atom. The number of fused-ring (bicyclic) bond motifs is 1. The molecule has 0 atom stereocenters. The third-order valence-corrected chi connectivity index (χ3v) is 7.77. The molecule has 0 amide bonds. The molecule has 1 aromatic heterocycles.